The van der Waals surface area contributed by atoms with Crippen LogP contribution < -0.4 is 4.74 Å². The fraction of sp³-hybridized carbons (Fsp3) is 0.143. The predicted octanol–water partition coefficient (Wildman–Crippen LogP) is 3.21. The molecule has 2 rings (SSSR count). The molecule has 0 bridgehead atoms. The van der Waals surface area contributed by atoms with Crippen LogP contribution in [0.1, 0.15) is 15.9 Å². The molecule has 0 spiro atoms. The zero-order valence-corrected chi connectivity index (χ0v) is 11.9. The summed E-state index contributed by atoms with van der Waals surface area (Å²) in [5.41, 5.74) is 1.34. The number of methoxy groups -OCH3 is 1. The molecule has 2 aromatic rings. The molecule has 0 aliphatic rings. The molecular weight excluding hydrogens is 310 g/mol. The van der Waals surface area contributed by atoms with Crippen molar-refractivity contribution in [2.75, 3.05) is 7.11 Å². The SMILES string of the molecule is COc1cccc(COC(=O)c2ccnc(Br)c2)c1. The van der Waals surface area contributed by atoms with E-state index in [4.69, 9.17) is 9.47 Å². The first-order chi connectivity index (χ1) is 9.19. The third kappa shape index (κ3) is 3.79. The van der Waals surface area contributed by atoms with Crippen LogP contribution in [0.4, 0.5) is 0 Å². The van der Waals surface area contributed by atoms with Crippen molar-refractivity contribution >= 4 is 21.9 Å². The zero-order valence-electron chi connectivity index (χ0n) is 10.3. The second kappa shape index (κ2) is 6.33. The molecule has 0 atom stereocenters. The minimum absolute atomic E-state index is 0.204. The van der Waals surface area contributed by atoms with Gasteiger partial charge in [-0.05, 0) is 45.8 Å². The number of carbonyl (C=O) groups is 1. The van der Waals surface area contributed by atoms with Gasteiger partial charge in [0.1, 0.15) is 17.0 Å². The summed E-state index contributed by atoms with van der Waals surface area (Å²) in [4.78, 5) is 15.8. The fourth-order valence-corrected chi connectivity index (χ4v) is 1.89. The van der Waals surface area contributed by atoms with Crippen LogP contribution in [-0.4, -0.2) is 18.1 Å². The van der Waals surface area contributed by atoms with Gasteiger partial charge >= 0.3 is 5.97 Å². The highest BCUT2D eigenvalue weighted by Gasteiger charge is 2.08. The summed E-state index contributed by atoms with van der Waals surface area (Å²) < 4.78 is 10.9. The molecule has 0 aliphatic heterocycles. The van der Waals surface area contributed by atoms with Crippen LogP contribution in [0.2, 0.25) is 0 Å². The first-order valence-electron chi connectivity index (χ1n) is 5.60. The van der Waals surface area contributed by atoms with Gasteiger partial charge in [-0.2, -0.15) is 0 Å². The maximum Gasteiger partial charge on any atom is 0.338 e. The van der Waals surface area contributed by atoms with Gasteiger partial charge in [-0.15, -0.1) is 0 Å². The van der Waals surface area contributed by atoms with Gasteiger partial charge in [-0.25, -0.2) is 9.78 Å². The molecule has 1 heterocycles. The van der Waals surface area contributed by atoms with E-state index in [1.54, 1.807) is 25.4 Å². The quantitative estimate of drug-likeness (QED) is 0.641. The number of ether oxygens (including phenoxy) is 2. The van der Waals surface area contributed by atoms with E-state index in [0.29, 0.717) is 10.2 Å². The van der Waals surface area contributed by atoms with Gasteiger partial charge in [0, 0.05) is 6.20 Å². The van der Waals surface area contributed by atoms with Crippen LogP contribution in [-0.2, 0) is 11.3 Å². The van der Waals surface area contributed by atoms with Crippen LogP contribution in [0.3, 0.4) is 0 Å². The van der Waals surface area contributed by atoms with Crippen molar-refractivity contribution in [3.8, 4) is 5.75 Å². The van der Waals surface area contributed by atoms with E-state index in [2.05, 4.69) is 20.9 Å². The number of aromatic nitrogens is 1. The van der Waals surface area contributed by atoms with E-state index in [1.165, 1.54) is 0 Å². The van der Waals surface area contributed by atoms with Crippen LogP contribution in [0.5, 0.6) is 5.75 Å². The van der Waals surface area contributed by atoms with Crippen molar-refractivity contribution in [2.24, 2.45) is 0 Å². The van der Waals surface area contributed by atoms with Crippen molar-refractivity contribution in [3.63, 3.8) is 0 Å². The maximum absolute atomic E-state index is 11.8. The summed E-state index contributed by atoms with van der Waals surface area (Å²) in [6, 6.07) is 10.6. The molecule has 0 saturated heterocycles. The summed E-state index contributed by atoms with van der Waals surface area (Å²) in [6.45, 7) is 0.204. The summed E-state index contributed by atoms with van der Waals surface area (Å²) in [5, 5.41) is 0. The Labute approximate surface area is 119 Å². The van der Waals surface area contributed by atoms with Gasteiger partial charge in [-0.1, -0.05) is 12.1 Å². The Balaban J connectivity index is 2.00. The normalized spacial score (nSPS) is 10.0. The van der Waals surface area contributed by atoms with Crippen LogP contribution in [0, 0.1) is 0 Å². The minimum Gasteiger partial charge on any atom is -0.497 e. The van der Waals surface area contributed by atoms with Crippen LogP contribution in [0.15, 0.2) is 47.2 Å². The molecule has 98 valence electrons. The van der Waals surface area contributed by atoms with Gasteiger partial charge in [-0.3, -0.25) is 0 Å². The number of benzene rings is 1. The van der Waals surface area contributed by atoms with Crippen LogP contribution >= 0.6 is 15.9 Å². The van der Waals surface area contributed by atoms with Gasteiger partial charge < -0.3 is 9.47 Å². The number of esters is 1. The molecule has 19 heavy (non-hydrogen) atoms. The number of rotatable bonds is 4. The predicted molar refractivity (Wildman–Crippen MR) is 74.1 cm³/mol. The van der Waals surface area contributed by atoms with Crippen molar-refractivity contribution in [1.29, 1.82) is 0 Å². The number of hydrogen-bond acceptors (Lipinski definition) is 4. The summed E-state index contributed by atoms with van der Waals surface area (Å²) in [7, 11) is 1.60. The van der Waals surface area contributed by atoms with E-state index in [0.717, 1.165) is 11.3 Å². The smallest absolute Gasteiger partial charge is 0.338 e. The average molecular weight is 322 g/mol. The number of pyridine rings is 1. The second-order valence-corrected chi connectivity index (χ2v) is 4.61. The van der Waals surface area contributed by atoms with Crippen LogP contribution in [0.25, 0.3) is 0 Å². The monoisotopic (exact) mass is 321 g/mol. The van der Waals surface area contributed by atoms with Crippen molar-refractivity contribution in [1.82, 2.24) is 4.98 Å². The number of halogens is 1. The Bertz CT molecular complexity index is 586. The first-order valence-corrected chi connectivity index (χ1v) is 6.40. The van der Waals surface area contributed by atoms with Gasteiger partial charge in [0.15, 0.2) is 0 Å². The minimum atomic E-state index is -0.383. The van der Waals surface area contributed by atoms with E-state index >= 15 is 0 Å². The van der Waals surface area contributed by atoms with E-state index < -0.39 is 0 Å². The van der Waals surface area contributed by atoms with Gasteiger partial charge in [0.2, 0.25) is 0 Å². The first kappa shape index (κ1) is 13.5. The standard InChI is InChI=1S/C14H12BrNO3/c1-18-12-4-2-3-10(7-12)9-19-14(17)11-5-6-16-13(15)8-11/h2-8H,9H2,1H3. The molecule has 0 unspecified atom stereocenters. The van der Waals surface area contributed by atoms with Crippen molar-refractivity contribution in [3.05, 3.63) is 58.3 Å². The molecule has 0 amide bonds. The Morgan fingerprint density at radius 3 is 2.89 bits per heavy atom. The third-order valence-electron chi connectivity index (χ3n) is 2.47. The zero-order chi connectivity index (χ0) is 13.7. The lowest BCUT2D eigenvalue weighted by Gasteiger charge is -2.06. The number of nitrogens with zero attached hydrogens (tertiary/aromatic N) is 1. The lowest BCUT2D eigenvalue weighted by Crippen LogP contribution is -2.05. The topological polar surface area (TPSA) is 48.4 Å². The van der Waals surface area contributed by atoms with E-state index in [-0.39, 0.29) is 12.6 Å². The third-order valence-corrected chi connectivity index (χ3v) is 2.90. The second-order valence-electron chi connectivity index (χ2n) is 3.79. The molecule has 0 aliphatic carbocycles. The largest absolute Gasteiger partial charge is 0.497 e. The molecule has 4 nitrogen and oxygen atoms in total. The highest BCUT2D eigenvalue weighted by atomic mass is 79.9. The van der Waals surface area contributed by atoms with E-state index in [1.807, 2.05) is 24.3 Å². The fourth-order valence-electron chi connectivity index (χ4n) is 1.52. The summed E-state index contributed by atoms with van der Waals surface area (Å²) in [6.07, 6.45) is 1.55. The lowest BCUT2D eigenvalue weighted by atomic mass is 10.2. The Morgan fingerprint density at radius 2 is 2.16 bits per heavy atom. The Morgan fingerprint density at radius 1 is 1.32 bits per heavy atom. The van der Waals surface area contributed by atoms with Crippen molar-refractivity contribution < 1.29 is 14.3 Å². The van der Waals surface area contributed by atoms with Gasteiger partial charge in [0.25, 0.3) is 0 Å². The molecular formula is C14H12BrNO3. The lowest BCUT2D eigenvalue weighted by molar-refractivity contribution is 0.0472. The summed E-state index contributed by atoms with van der Waals surface area (Å²) in [5.74, 6) is 0.353. The summed E-state index contributed by atoms with van der Waals surface area (Å²) >= 11 is 3.21. The highest BCUT2D eigenvalue weighted by molar-refractivity contribution is 9.10. The molecule has 0 fully saturated rings. The van der Waals surface area contributed by atoms with Crippen molar-refractivity contribution in [2.45, 2.75) is 6.61 Å². The molecule has 1 aromatic carbocycles. The average Bonchev–Trinajstić information content (AvgIpc) is 2.45. The molecule has 5 heteroatoms. The number of hydrogen-bond donors (Lipinski definition) is 0. The molecule has 1 aromatic heterocycles. The Hall–Kier alpha value is -1.88. The molecule has 0 saturated carbocycles. The Kier molecular flexibility index (Phi) is 4.52. The highest BCUT2D eigenvalue weighted by Crippen LogP contribution is 2.14. The number of carbonyl (C=O) groups excluding carboxylic acids is 1. The maximum atomic E-state index is 11.8. The van der Waals surface area contributed by atoms with Gasteiger partial charge in [0.05, 0.1) is 12.7 Å². The van der Waals surface area contributed by atoms with E-state index in [9.17, 15) is 4.79 Å². The molecule has 0 radical (unpaired) electrons. The molecule has 0 N–H and O–H groups in total.